The highest BCUT2D eigenvalue weighted by molar-refractivity contribution is 6.02. The van der Waals surface area contributed by atoms with Crippen molar-refractivity contribution in [3.63, 3.8) is 0 Å². The number of carbonyl (C=O) groups is 3. The van der Waals surface area contributed by atoms with Crippen molar-refractivity contribution < 1.29 is 23.9 Å². The monoisotopic (exact) mass is 425 g/mol. The van der Waals surface area contributed by atoms with Crippen molar-refractivity contribution >= 4 is 35.4 Å². The molecule has 0 atom stereocenters. The number of methoxy groups -OCH3 is 1. The Morgan fingerprint density at radius 3 is 2.32 bits per heavy atom. The van der Waals surface area contributed by atoms with Gasteiger partial charge in [-0.1, -0.05) is 18.2 Å². The molecule has 164 valence electrons. The first-order chi connectivity index (χ1) is 14.6. The number of hydrogen-bond donors (Lipinski definition) is 3. The first-order valence-electron chi connectivity index (χ1n) is 9.64. The van der Waals surface area contributed by atoms with E-state index in [1.807, 2.05) is 24.3 Å². The minimum atomic E-state index is -0.675. The van der Waals surface area contributed by atoms with E-state index < -0.39 is 17.6 Å². The van der Waals surface area contributed by atoms with Crippen LogP contribution in [-0.2, 0) is 14.3 Å². The van der Waals surface area contributed by atoms with Gasteiger partial charge in [-0.15, -0.1) is 0 Å². The molecule has 0 aliphatic rings. The summed E-state index contributed by atoms with van der Waals surface area (Å²) in [5.41, 5.74) is 1.17. The van der Waals surface area contributed by atoms with Gasteiger partial charge in [0.25, 0.3) is 0 Å². The van der Waals surface area contributed by atoms with Crippen LogP contribution in [0.15, 0.2) is 54.6 Å². The van der Waals surface area contributed by atoms with E-state index in [9.17, 15) is 14.4 Å². The molecule has 0 aliphatic carbocycles. The third-order valence-corrected chi connectivity index (χ3v) is 3.73. The molecule has 0 unspecified atom stereocenters. The van der Waals surface area contributed by atoms with Crippen LogP contribution < -0.4 is 20.7 Å². The molecule has 0 saturated carbocycles. The van der Waals surface area contributed by atoms with Crippen LogP contribution in [0.25, 0.3) is 6.08 Å². The van der Waals surface area contributed by atoms with Gasteiger partial charge in [0.05, 0.1) is 7.11 Å². The molecule has 3 amide bonds. The maximum absolute atomic E-state index is 12.2. The fourth-order valence-corrected chi connectivity index (χ4v) is 2.45. The third kappa shape index (κ3) is 9.03. The van der Waals surface area contributed by atoms with E-state index in [1.54, 1.807) is 58.2 Å². The van der Waals surface area contributed by atoms with Gasteiger partial charge < -0.3 is 25.4 Å². The standard InChI is InChI=1S/C23H27N3O5/c1-23(2,3)31-22(29)24-15-21(28)26-18-9-6-8-17(14-18)25-20(27)12-11-16-7-5-10-19(13-16)30-4/h5-14H,15H2,1-4H3,(H,24,29)(H,25,27)(H,26,28)/b12-11+. The van der Waals surface area contributed by atoms with E-state index in [-0.39, 0.29) is 12.5 Å². The second-order valence-corrected chi connectivity index (χ2v) is 7.58. The normalized spacial score (nSPS) is 11.0. The number of anilines is 2. The zero-order valence-electron chi connectivity index (χ0n) is 18.0. The molecule has 0 radical (unpaired) electrons. The average Bonchev–Trinajstić information content (AvgIpc) is 2.70. The maximum atomic E-state index is 12.2. The molecule has 8 heteroatoms. The number of amides is 3. The highest BCUT2D eigenvalue weighted by Crippen LogP contribution is 2.16. The predicted octanol–water partition coefficient (Wildman–Crippen LogP) is 3.81. The fraction of sp³-hybridized carbons (Fsp3) is 0.261. The van der Waals surface area contributed by atoms with Gasteiger partial charge in [-0.05, 0) is 62.7 Å². The van der Waals surface area contributed by atoms with Crippen molar-refractivity contribution in [1.82, 2.24) is 5.32 Å². The van der Waals surface area contributed by atoms with Crippen LogP contribution >= 0.6 is 0 Å². The molecule has 0 aliphatic heterocycles. The quantitative estimate of drug-likeness (QED) is 0.585. The van der Waals surface area contributed by atoms with Gasteiger partial charge >= 0.3 is 6.09 Å². The van der Waals surface area contributed by atoms with Crippen molar-refractivity contribution in [3.8, 4) is 5.75 Å². The van der Waals surface area contributed by atoms with Gasteiger partial charge in [-0.2, -0.15) is 0 Å². The molecule has 0 fully saturated rings. The first-order valence-corrected chi connectivity index (χ1v) is 9.64. The van der Waals surface area contributed by atoms with Gasteiger partial charge in [-0.3, -0.25) is 9.59 Å². The SMILES string of the molecule is COc1cccc(/C=C/C(=O)Nc2cccc(NC(=O)CNC(=O)OC(C)(C)C)c2)c1. The minimum absolute atomic E-state index is 0.241. The molecule has 0 saturated heterocycles. The lowest BCUT2D eigenvalue weighted by atomic mass is 10.2. The van der Waals surface area contributed by atoms with Gasteiger partial charge in [0.2, 0.25) is 11.8 Å². The third-order valence-electron chi connectivity index (χ3n) is 3.73. The Kier molecular flexibility index (Phi) is 8.19. The van der Waals surface area contributed by atoms with Crippen LogP contribution in [0, 0.1) is 0 Å². The summed E-state index contributed by atoms with van der Waals surface area (Å²) in [5, 5.41) is 7.77. The topological polar surface area (TPSA) is 106 Å². The van der Waals surface area contributed by atoms with Crippen molar-refractivity contribution in [3.05, 3.63) is 60.2 Å². The molecule has 2 rings (SSSR count). The summed E-state index contributed by atoms with van der Waals surface area (Å²) in [6, 6.07) is 14.0. The lowest BCUT2D eigenvalue weighted by molar-refractivity contribution is -0.115. The molecule has 2 aromatic rings. The van der Waals surface area contributed by atoms with E-state index >= 15 is 0 Å². The van der Waals surface area contributed by atoms with Gasteiger partial charge in [0, 0.05) is 17.5 Å². The van der Waals surface area contributed by atoms with Crippen LogP contribution in [0.3, 0.4) is 0 Å². The Labute approximate surface area is 181 Å². The second-order valence-electron chi connectivity index (χ2n) is 7.58. The van der Waals surface area contributed by atoms with E-state index in [0.29, 0.717) is 17.1 Å². The average molecular weight is 425 g/mol. The molecular weight excluding hydrogens is 398 g/mol. The molecule has 0 aromatic heterocycles. The van der Waals surface area contributed by atoms with Crippen LogP contribution in [0.4, 0.5) is 16.2 Å². The minimum Gasteiger partial charge on any atom is -0.497 e. The summed E-state index contributed by atoms with van der Waals surface area (Å²) in [5.74, 6) is -0.0442. The number of ether oxygens (including phenoxy) is 2. The van der Waals surface area contributed by atoms with Crippen LogP contribution in [0.5, 0.6) is 5.75 Å². The van der Waals surface area contributed by atoms with Gasteiger partial charge in [-0.25, -0.2) is 4.79 Å². The summed E-state index contributed by atoms with van der Waals surface area (Å²) in [7, 11) is 1.58. The van der Waals surface area contributed by atoms with Crippen LogP contribution in [-0.4, -0.2) is 37.2 Å². The van der Waals surface area contributed by atoms with Gasteiger partial charge in [0.1, 0.15) is 17.9 Å². The fourth-order valence-electron chi connectivity index (χ4n) is 2.45. The summed E-state index contributed by atoms with van der Waals surface area (Å²) >= 11 is 0. The molecular formula is C23H27N3O5. The number of carbonyl (C=O) groups excluding carboxylic acids is 3. The smallest absolute Gasteiger partial charge is 0.408 e. The molecule has 3 N–H and O–H groups in total. The van der Waals surface area contributed by atoms with Crippen molar-refractivity contribution in [2.24, 2.45) is 0 Å². The zero-order valence-corrected chi connectivity index (χ0v) is 18.0. The number of nitrogens with one attached hydrogen (secondary N) is 3. The van der Waals surface area contributed by atoms with E-state index in [4.69, 9.17) is 9.47 Å². The summed E-state index contributed by atoms with van der Waals surface area (Å²) < 4.78 is 10.2. The zero-order chi connectivity index (χ0) is 22.9. The summed E-state index contributed by atoms with van der Waals surface area (Å²) in [6.45, 7) is 4.96. The number of hydrogen-bond acceptors (Lipinski definition) is 5. The molecule has 8 nitrogen and oxygen atoms in total. The lowest BCUT2D eigenvalue weighted by Crippen LogP contribution is -2.37. The van der Waals surface area contributed by atoms with Crippen molar-refractivity contribution in [2.75, 3.05) is 24.3 Å². The lowest BCUT2D eigenvalue weighted by Gasteiger charge is -2.19. The number of alkyl carbamates (subject to hydrolysis) is 1. The van der Waals surface area contributed by atoms with E-state index in [0.717, 1.165) is 5.56 Å². The van der Waals surface area contributed by atoms with Crippen molar-refractivity contribution in [2.45, 2.75) is 26.4 Å². The summed E-state index contributed by atoms with van der Waals surface area (Å²) in [4.78, 5) is 35.8. The number of rotatable bonds is 7. The second kappa shape index (κ2) is 10.8. The maximum Gasteiger partial charge on any atom is 0.408 e. The molecule has 0 heterocycles. The molecule has 2 aromatic carbocycles. The summed E-state index contributed by atoms with van der Waals surface area (Å²) in [6.07, 6.45) is 2.41. The highest BCUT2D eigenvalue weighted by atomic mass is 16.6. The Morgan fingerprint density at radius 2 is 1.65 bits per heavy atom. The first kappa shape index (κ1) is 23.5. The molecule has 31 heavy (non-hydrogen) atoms. The molecule has 0 spiro atoms. The Morgan fingerprint density at radius 1 is 0.968 bits per heavy atom. The Balaban J connectivity index is 1.88. The van der Waals surface area contributed by atoms with Crippen molar-refractivity contribution in [1.29, 1.82) is 0 Å². The van der Waals surface area contributed by atoms with Gasteiger partial charge in [0.15, 0.2) is 0 Å². The molecule has 0 bridgehead atoms. The Bertz CT molecular complexity index is 964. The van der Waals surface area contributed by atoms with Crippen LogP contribution in [0.2, 0.25) is 0 Å². The largest absolute Gasteiger partial charge is 0.497 e. The van der Waals surface area contributed by atoms with E-state index in [1.165, 1.54) is 6.08 Å². The van der Waals surface area contributed by atoms with Crippen LogP contribution in [0.1, 0.15) is 26.3 Å². The highest BCUT2D eigenvalue weighted by Gasteiger charge is 2.16. The number of benzene rings is 2. The Hall–Kier alpha value is -3.81. The predicted molar refractivity (Wildman–Crippen MR) is 120 cm³/mol. The van der Waals surface area contributed by atoms with E-state index in [2.05, 4.69) is 16.0 Å².